The molecule has 0 bridgehead atoms. The lowest BCUT2D eigenvalue weighted by molar-refractivity contribution is -0.137. The van der Waals surface area contributed by atoms with Gasteiger partial charge < -0.3 is 10.2 Å². The number of benzene rings is 1. The van der Waals surface area contributed by atoms with Crippen LogP contribution in [0.1, 0.15) is 56.1 Å². The zero-order valence-electron chi connectivity index (χ0n) is 17.7. The Hall–Kier alpha value is -1.60. The van der Waals surface area contributed by atoms with Gasteiger partial charge in [0, 0.05) is 24.7 Å². The summed E-state index contributed by atoms with van der Waals surface area (Å²) in [5, 5.41) is 3.75. The second-order valence-corrected chi connectivity index (χ2v) is 9.31. The average molecular weight is 424 g/mol. The quantitative estimate of drug-likeness (QED) is 0.799. The summed E-state index contributed by atoms with van der Waals surface area (Å²) >= 11 is 0. The molecular weight excluding hydrogens is 391 g/mol. The fourth-order valence-electron chi connectivity index (χ4n) is 5.70. The van der Waals surface area contributed by atoms with E-state index in [0.717, 1.165) is 51.0 Å². The highest BCUT2D eigenvalue weighted by molar-refractivity contribution is 5.79. The van der Waals surface area contributed by atoms with E-state index in [2.05, 4.69) is 10.2 Å². The van der Waals surface area contributed by atoms with Gasteiger partial charge in [0.2, 0.25) is 5.91 Å². The summed E-state index contributed by atoms with van der Waals surface area (Å²) in [6.45, 7) is 3.27. The number of carbonyl (C=O) groups excluding carboxylic acids is 1. The van der Waals surface area contributed by atoms with Gasteiger partial charge >= 0.3 is 6.18 Å². The van der Waals surface area contributed by atoms with E-state index in [-0.39, 0.29) is 23.9 Å². The first kappa shape index (κ1) is 21.6. The molecule has 30 heavy (non-hydrogen) atoms. The van der Waals surface area contributed by atoms with Gasteiger partial charge in [0.05, 0.1) is 12.0 Å². The largest absolute Gasteiger partial charge is 0.416 e. The van der Waals surface area contributed by atoms with Gasteiger partial charge in [0.1, 0.15) is 0 Å². The maximum atomic E-state index is 13.0. The van der Waals surface area contributed by atoms with Gasteiger partial charge in [-0.2, -0.15) is 13.2 Å². The molecule has 4 nitrogen and oxygen atoms in total. The van der Waals surface area contributed by atoms with Crippen LogP contribution in [0.3, 0.4) is 0 Å². The van der Waals surface area contributed by atoms with E-state index in [9.17, 15) is 18.0 Å². The van der Waals surface area contributed by atoms with Crippen LogP contribution in [0.4, 0.5) is 13.2 Å². The SMILES string of the molecule is CN(C(=O)Cc1ccc(C(F)(F)F)cc1)C1CCC2(CCCN2)CC1N1CCCC1. The summed E-state index contributed by atoms with van der Waals surface area (Å²) < 4.78 is 38.4. The maximum absolute atomic E-state index is 13.0. The molecule has 1 saturated carbocycles. The number of nitrogens with one attached hydrogen (secondary N) is 1. The van der Waals surface area contributed by atoms with Crippen molar-refractivity contribution < 1.29 is 18.0 Å². The summed E-state index contributed by atoms with van der Waals surface area (Å²) in [5.74, 6) is -0.0145. The number of amides is 1. The smallest absolute Gasteiger partial charge is 0.341 e. The molecule has 1 amide bonds. The number of halogens is 3. The van der Waals surface area contributed by atoms with Crippen molar-refractivity contribution in [3.05, 3.63) is 35.4 Å². The summed E-state index contributed by atoms with van der Waals surface area (Å²) in [7, 11) is 1.88. The number of nitrogens with zero attached hydrogens (tertiary/aromatic N) is 2. The number of alkyl halides is 3. The summed E-state index contributed by atoms with van der Waals surface area (Å²) in [6.07, 6.45) is 3.79. The Labute approximate surface area is 176 Å². The first-order valence-electron chi connectivity index (χ1n) is 11.2. The topological polar surface area (TPSA) is 35.6 Å². The van der Waals surface area contributed by atoms with Crippen LogP contribution in [-0.2, 0) is 17.4 Å². The standard InChI is InChI=1S/C23H32F3N3O/c1-28(21(30)15-17-5-7-18(8-6-17)23(24,25)26)19-9-11-22(10-4-12-27-22)16-20(19)29-13-2-3-14-29/h5-8,19-20,27H,2-4,9-16H2,1H3. The van der Waals surface area contributed by atoms with Crippen molar-refractivity contribution in [3.63, 3.8) is 0 Å². The fourth-order valence-corrected chi connectivity index (χ4v) is 5.70. The van der Waals surface area contributed by atoms with Crippen LogP contribution >= 0.6 is 0 Å². The van der Waals surface area contributed by atoms with Gasteiger partial charge in [-0.25, -0.2) is 0 Å². The molecule has 2 heterocycles. The predicted molar refractivity (Wildman–Crippen MR) is 110 cm³/mol. The Kier molecular flexibility index (Phi) is 6.13. The highest BCUT2D eigenvalue weighted by Gasteiger charge is 2.46. The predicted octanol–water partition coefficient (Wildman–Crippen LogP) is 3.85. The molecular formula is C23H32F3N3O. The molecule has 3 atom stereocenters. The molecule has 0 aromatic heterocycles. The molecule has 3 unspecified atom stereocenters. The van der Waals surface area contributed by atoms with Crippen molar-refractivity contribution in [2.24, 2.45) is 0 Å². The molecule has 1 aliphatic carbocycles. The van der Waals surface area contributed by atoms with Crippen LogP contribution in [0.5, 0.6) is 0 Å². The number of likely N-dealkylation sites (tertiary alicyclic amines) is 1. The van der Waals surface area contributed by atoms with Crippen molar-refractivity contribution in [2.75, 3.05) is 26.7 Å². The van der Waals surface area contributed by atoms with E-state index in [1.54, 1.807) is 0 Å². The number of carbonyl (C=O) groups is 1. The number of hydrogen-bond acceptors (Lipinski definition) is 3. The van der Waals surface area contributed by atoms with Crippen molar-refractivity contribution in [1.29, 1.82) is 0 Å². The van der Waals surface area contributed by atoms with Gasteiger partial charge in [-0.3, -0.25) is 9.69 Å². The van der Waals surface area contributed by atoms with Crippen molar-refractivity contribution in [3.8, 4) is 0 Å². The summed E-state index contributed by atoms with van der Waals surface area (Å²) in [5.41, 5.74) is 0.172. The molecule has 3 fully saturated rings. The van der Waals surface area contributed by atoms with Gasteiger partial charge in [-0.05, 0) is 82.3 Å². The zero-order valence-corrected chi connectivity index (χ0v) is 17.7. The van der Waals surface area contributed by atoms with Crippen LogP contribution in [0.2, 0.25) is 0 Å². The Morgan fingerprint density at radius 1 is 1.17 bits per heavy atom. The van der Waals surface area contributed by atoms with E-state index >= 15 is 0 Å². The van der Waals surface area contributed by atoms with E-state index in [0.29, 0.717) is 11.6 Å². The molecule has 1 aromatic rings. The van der Waals surface area contributed by atoms with Gasteiger partial charge in [-0.1, -0.05) is 12.1 Å². The average Bonchev–Trinajstić information content (AvgIpc) is 3.40. The molecule has 1 N–H and O–H groups in total. The summed E-state index contributed by atoms with van der Waals surface area (Å²) in [6, 6.07) is 5.49. The monoisotopic (exact) mass is 423 g/mol. The van der Waals surface area contributed by atoms with Crippen LogP contribution in [0, 0.1) is 0 Å². The number of hydrogen-bond donors (Lipinski definition) is 1. The first-order chi connectivity index (χ1) is 14.3. The maximum Gasteiger partial charge on any atom is 0.416 e. The highest BCUT2D eigenvalue weighted by Crippen LogP contribution is 2.40. The van der Waals surface area contributed by atoms with E-state index in [1.165, 1.54) is 37.8 Å². The Morgan fingerprint density at radius 2 is 1.87 bits per heavy atom. The minimum absolute atomic E-state index is 0.0145. The third-order valence-corrected chi connectivity index (χ3v) is 7.43. The molecule has 0 radical (unpaired) electrons. The van der Waals surface area contributed by atoms with E-state index in [1.807, 2.05) is 11.9 Å². The molecule has 166 valence electrons. The lowest BCUT2D eigenvalue weighted by Crippen LogP contribution is -2.60. The van der Waals surface area contributed by atoms with Crippen LogP contribution in [0.25, 0.3) is 0 Å². The fraction of sp³-hybridized carbons (Fsp3) is 0.696. The van der Waals surface area contributed by atoms with Crippen molar-refractivity contribution in [2.45, 2.75) is 75.2 Å². The highest BCUT2D eigenvalue weighted by atomic mass is 19.4. The van der Waals surface area contributed by atoms with Gasteiger partial charge in [-0.15, -0.1) is 0 Å². The molecule has 2 saturated heterocycles. The molecule has 3 aliphatic rings. The van der Waals surface area contributed by atoms with Crippen molar-refractivity contribution >= 4 is 5.91 Å². The van der Waals surface area contributed by atoms with Crippen LogP contribution < -0.4 is 5.32 Å². The third kappa shape index (κ3) is 4.52. The number of rotatable bonds is 4. The molecule has 4 rings (SSSR count). The second kappa shape index (κ2) is 8.50. The van der Waals surface area contributed by atoms with Crippen LogP contribution in [-0.4, -0.2) is 60.0 Å². The minimum Gasteiger partial charge on any atom is -0.341 e. The van der Waals surface area contributed by atoms with E-state index < -0.39 is 11.7 Å². The Bertz CT molecular complexity index is 737. The minimum atomic E-state index is -4.35. The second-order valence-electron chi connectivity index (χ2n) is 9.31. The lowest BCUT2D eigenvalue weighted by atomic mass is 9.74. The Balaban J connectivity index is 1.45. The van der Waals surface area contributed by atoms with E-state index in [4.69, 9.17) is 0 Å². The normalized spacial score (nSPS) is 30.1. The molecule has 1 aromatic carbocycles. The van der Waals surface area contributed by atoms with Gasteiger partial charge in [0.25, 0.3) is 0 Å². The molecule has 1 spiro atoms. The zero-order chi connectivity index (χ0) is 21.4. The summed E-state index contributed by atoms with van der Waals surface area (Å²) in [4.78, 5) is 17.5. The van der Waals surface area contributed by atoms with Gasteiger partial charge in [0.15, 0.2) is 0 Å². The molecule has 2 aliphatic heterocycles. The van der Waals surface area contributed by atoms with Crippen molar-refractivity contribution in [1.82, 2.24) is 15.1 Å². The van der Waals surface area contributed by atoms with Crippen LogP contribution in [0.15, 0.2) is 24.3 Å². The first-order valence-corrected chi connectivity index (χ1v) is 11.2. The third-order valence-electron chi connectivity index (χ3n) is 7.43. The Morgan fingerprint density at radius 3 is 2.47 bits per heavy atom. The number of likely N-dealkylation sites (N-methyl/N-ethyl adjacent to an activating group) is 1. The lowest BCUT2D eigenvalue weighted by Gasteiger charge is -2.49. The molecule has 7 heteroatoms.